The van der Waals surface area contributed by atoms with Crippen molar-refractivity contribution in [1.29, 1.82) is 0 Å². The van der Waals surface area contributed by atoms with E-state index in [0.29, 0.717) is 34.0 Å². The number of urea groups is 2. The highest BCUT2D eigenvalue weighted by atomic mass is 16.2. The summed E-state index contributed by atoms with van der Waals surface area (Å²) in [6.07, 6.45) is 0. The zero-order chi connectivity index (χ0) is 24.5. The number of nitrogens with one attached hydrogen (secondary N) is 5. The van der Waals surface area contributed by atoms with Gasteiger partial charge in [0.15, 0.2) is 0 Å². The highest BCUT2D eigenvalue weighted by molar-refractivity contribution is 6.05. The molecule has 8 heteroatoms. The summed E-state index contributed by atoms with van der Waals surface area (Å²) < 4.78 is 0. The Hall–Kier alpha value is -5.11. The lowest BCUT2D eigenvalue weighted by molar-refractivity contribution is 0.102. The minimum absolute atomic E-state index is 0.298. The van der Waals surface area contributed by atoms with E-state index in [2.05, 4.69) is 26.6 Å². The van der Waals surface area contributed by atoms with Crippen molar-refractivity contribution in [3.63, 3.8) is 0 Å². The van der Waals surface area contributed by atoms with Gasteiger partial charge in [-0.05, 0) is 72.8 Å². The molecule has 8 nitrogen and oxygen atoms in total. The molecule has 4 aromatic rings. The molecule has 0 spiro atoms. The lowest BCUT2D eigenvalue weighted by Gasteiger charge is -2.10. The number of carbonyl (C=O) groups excluding carboxylic acids is 3. The van der Waals surface area contributed by atoms with Gasteiger partial charge in [0, 0.05) is 34.0 Å². The van der Waals surface area contributed by atoms with E-state index in [-0.39, 0.29) is 18.0 Å². The second-order valence-electron chi connectivity index (χ2n) is 7.50. The van der Waals surface area contributed by atoms with Gasteiger partial charge in [-0.3, -0.25) is 4.79 Å². The van der Waals surface area contributed by atoms with Crippen LogP contribution in [-0.2, 0) is 0 Å². The van der Waals surface area contributed by atoms with Gasteiger partial charge in [0.1, 0.15) is 0 Å². The normalized spacial score (nSPS) is 10.1. The number of amides is 5. The van der Waals surface area contributed by atoms with Crippen molar-refractivity contribution >= 4 is 46.4 Å². The maximum atomic E-state index is 12.6. The summed E-state index contributed by atoms with van der Waals surface area (Å²) in [6.45, 7) is 0. The largest absolute Gasteiger partial charge is 0.323 e. The van der Waals surface area contributed by atoms with Gasteiger partial charge >= 0.3 is 12.1 Å². The molecule has 0 atom stereocenters. The van der Waals surface area contributed by atoms with Crippen LogP contribution in [0.3, 0.4) is 0 Å². The van der Waals surface area contributed by atoms with E-state index >= 15 is 0 Å². The lowest BCUT2D eigenvalue weighted by Crippen LogP contribution is -2.19. The Balaban J connectivity index is 1.27. The minimum atomic E-state index is -0.375. The van der Waals surface area contributed by atoms with E-state index in [9.17, 15) is 14.4 Å². The molecule has 0 heterocycles. The molecule has 174 valence electrons. The lowest BCUT2D eigenvalue weighted by atomic mass is 10.2. The molecule has 0 bridgehead atoms. The molecule has 5 amide bonds. The zero-order valence-corrected chi connectivity index (χ0v) is 18.6. The Morgan fingerprint density at radius 1 is 0.371 bits per heavy atom. The first kappa shape index (κ1) is 23.1. The van der Waals surface area contributed by atoms with Crippen LogP contribution in [0.2, 0.25) is 0 Å². The summed E-state index contributed by atoms with van der Waals surface area (Å²) in [5, 5.41) is 13.7. The molecule has 0 radical (unpaired) electrons. The van der Waals surface area contributed by atoms with Crippen LogP contribution in [0.15, 0.2) is 109 Å². The van der Waals surface area contributed by atoms with Crippen LogP contribution in [-0.4, -0.2) is 18.0 Å². The molecule has 4 aromatic carbocycles. The maximum absolute atomic E-state index is 12.6. The van der Waals surface area contributed by atoms with E-state index in [1.165, 1.54) is 0 Å². The number of para-hydroxylation sites is 2. The molecule has 5 N–H and O–H groups in total. The van der Waals surface area contributed by atoms with E-state index < -0.39 is 0 Å². The molecule has 0 aromatic heterocycles. The highest BCUT2D eigenvalue weighted by Gasteiger charge is 2.08. The van der Waals surface area contributed by atoms with Crippen molar-refractivity contribution in [2.24, 2.45) is 0 Å². The predicted octanol–water partition coefficient (Wildman–Crippen LogP) is 6.23. The average Bonchev–Trinajstić information content (AvgIpc) is 2.87. The molecule has 0 saturated carbocycles. The monoisotopic (exact) mass is 465 g/mol. The van der Waals surface area contributed by atoms with Crippen molar-refractivity contribution in [1.82, 2.24) is 0 Å². The first-order chi connectivity index (χ1) is 17.0. The number of rotatable bonds is 6. The van der Waals surface area contributed by atoms with Crippen LogP contribution in [0.4, 0.5) is 38.0 Å². The predicted molar refractivity (Wildman–Crippen MR) is 139 cm³/mol. The van der Waals surface area contributed by atoms with Gasteiger partial charge in [0.05, 0.1) is 0 Å². The van der Waals surface area contributed by atoms with Crippen LogP contribution < -0.4 is 26.6 Å². The Labute approximate surface area is 202 Å². The molecule has 0 fully saturated rings. The topological polar surface area (TPSA) is 111 Å². The Kier molecular flexibility index (Phi) is 7.35. The summed E-state index contributed by atoms with van der Waals surface area (Å²) in [5.41, 5.74) is 3.52. The van der Waals surface area contributed by atoms with Crippen LogP contribution in [0, 0.1) is 0 Å². The quantitative estimate of drug-likeness (QED) is 0.233. The summed E-state index contributed by atoms with van der Waals surface area (Å²) >= 11 is 0. The number of benzene rings is 4. The number of anilines is 5. The van der Waals surface area contributed by atoms with Gasteiger partial charge in [-0.25, -0.2) is 9.59 Å². The SMILES string of the molecule is O=C(Nc1ccccc1)Nc1ccc(NC(=O)c2ccc(NC(=O)Nc3ccccc3)cc2)cc1. The van der Waals surface area contributed by atoms with Gasteiger partial charge in [-0.15, -0.1) is 0 Å². The van der Waals surface area contributed by atoms with Crippen molar-refractivity contribution < 1.29 is 14.4 Å². The molecule has 0 unspecified atom stereocenters. The van der Waals surface area contributed by atoms with E-state index in [4.69, 9.17) is 0 Å². The van der Waals surface area contributed by atoms with E-state index in [1.54, 1.807) is 72.8 Å². The molecule has 0 aliphatic rings. The third-order valence-electron chi connectivity index (χ3n) is 4.87. The van der Waals surface area contributed by atoms with Crippen molar-refractivity contribution in [2.45, 2.75) is 0 Å². The van der Waals surface area contributed by atoms with Gasteiger partial charge in [-0.2, -0.15) is 0 Å². The van der Waals surface area contributed by atoms with Crippen molar-refractivity contribution in [3.05, 3.63) is 115 Å². The average molecular weight is 466 g/mol. The first-order valence-corrected chi connectivity index (χ1v) is 10.8. The van der Waals surface area contributed by atoms with Crippen LogP contribution in [0.1, 0.15) is 10.4 Å². The Bertz CT molecular complexity index is 1290. The molecule has 4 rings (SSSR count). The summed E-state index contributed by atoms with van der Waals surface area (Å²) in [7, 11) is 0. The van der Waals surface area contributed by atoms with Gasteiger partial charge < -0.3 is 26.6 Å². The fourth-order valence-corrected chi connectivity index (χ4v) is 3.17. The van der Waals surface area contributed by atoms with Gasteiger partial charge in [-0.1, -0.05) is 36.4 Å². The van der Waals surface area contributed by atoms with Crippen LogP contribution >= 0.6 is 0 Å². The molecule has 35 heavy (non-hydrogen) atoms. The molecule has 0 aliphatic carbocycles. The van der Waals surface area contributed by atoms with Crippen molar-refractivity contribution in [2.75, 3.05) is 26.6 Å². The summed E-state index contributed by atoms with van der Waals surface area (Å²) in [5.74, 6) is -0.298. The number of carbonyl (C=O) groups is 3. The number of hydrogen-bond acceptors (Lipinski definition) is 3. The van der Waals surface area contributed by atoms with Gasteiger partial charge in [0.2, 0.25) is 0 Å². The summed E-state index contributed by atoms with van der Waals surface area (Å²) in [4.78, 5) is 36.8. The van der Waals surface area contributed by atoms with E-state index in [1.807, 2.05) is 36.4 Å². The second-order valence-corrected chi connectivity index (χ2v) is 7.50. The smallest absolute Gasteiger partial charge is 0.322 e. The fraction of sp³-hybridized carbons (Fsp3) is 0. The third kappa shape index (κ3) is 6.93. The Morgan fingerprint density at radius 2 is 0.686 bits per heavy atom. The summed E-state index contributed by atoms with van der Waals surface area (Å²) in [6, 6.07) is 30.8. The zero-order valence-electron chi connectivity index (χ0n) is 18.6. The fourth-order valence-electron chi connectivity index (χ4n) is 3.17. The molecular formula is C27H23N5O3. The molecular weight excluding hydrogens is 442 g/mol. The first-order valence-electron chi connectivity index (χ1n) is 10.8. The maximum Gasteiger partial charge on any atom is 0.323 e. The highest BCUT2D eigenvalue weighted by Crippen LogP contribution is 2.17. The Morgan fingerprint density at radius 3 is 1.09 bits per heavy atom. The van der Waals surface area contributed by atoms with Crippen LogP contribution in [0.25, 0.3) is 0 Å². The third-order valence-corrected chi connectivity index (χ3v) is 4.87. The van der Waals surface area contributed by atoms with Crippen molar-refractivity contribution in [3.8, 4) is 0 Å². The standard InChI is InChI=1S/C27H23N5O3/c33-25(19-11-13-23(14-12-19)31-26(34)29-20-7-3-1-4-8-20)28-22-15-17-24(18-16-22)32-27(35)30-21-9-5-2-6-10-21/h1-18H,(H,28,33)(H2,29,31,34)(H2,30,32,35). The minimum Gasteiger partial charge on any atom is -0.322 e. The number of hydrogen-bond donors (Lipinski definition) is 5. The molecule has 0 aliphatic heterocycles. The van der Waals surface area contributed by atoms with E-state index in [0.717, 1.165) is 0 Å². The van der Waals surface area contributed by atoms with Gasteiger partial charge in [0.25, 0.3) is 5.91 Å². The second kappa shape index (κ2) is 11.2. The van der Waals surface area contributed by atoms with Crippen LogP contribution in [0.5, 0.6) is 0 Å². The molecule has 0 saturated heterocycles.